The van der Waals surface area contributed by atoms with Crippen molar-refractivity contribution >= 4 is 22.4 Å². The van der Waals surface area contributed by atoms with E-state index < -0.39 is 0 Å². The van der Waals surface area contributed by atoms with Gasteiger partial charge in [-0.15, -0.1) is 11.3 Å². The number of aromatic nitrogens is 1. The van der Waals surface area contributed by atoms with Crippen molar-refractivity contribution in [3.63, 3.8) is 0 Å². The fraction of sp³-hybridized carbons (Fsp3) is 0.500. The van der Waals surface area contributed by atoms with Crippen LogP contribution in [0.1, 0.15) is 18.5 Å². The number of hydrogen-bond donors (Lipinski definition) is 1. The first-order valence-electron chi connectivity index (χ1n) is 3.99. The molecule has 0 spiro atoms. The van der Waals surface area contributed by atoms with Crippen LogP contribution in [-0.2, 0) is 4.79 Å². The fourth-order valence-corrected chi connectivity index (χ4v) is 1.66. The number of anilines is 1. The van der Waals surface area contributed by atoms with Crippen LogP contribution in [0, 0.1) is 12.8 Å². The number of hydrogen-bond acceptors (Lipinski definition) is 3. The molecule has 0 atom stereocenters. The molecule has 1 N–H and O–H groups in total. The van der Waals surface area contributed by atoms with Crippen LogP contribution >= 0.6 is 11.3 Å². The summed E-state index contributed by atoms with van der Waals surface area (Å²) in [5.41, 5.74) is 0.964. The molecule has 1 amide bonds. The van der Waals surface area contributed by atoms with Gasteiger partial charge < -0.3 is 5.32 Å². The lowest BCUT2D eigenvalue weighted by Crippen LogP contribution is -2.12. The van der Waals surface area contributed by atoms with Crippen molar-refractivity contribution in [3.05, 3.63) is 11.1 Å². The first-order valence-corrected chi connectivity index (χ1v) is 4.86. The van der Waals surface area contributed by atoms with Gasteiger partial charge in [0, 0.05) is 11.3 Å². The van der Waals surface area contributed by atoms with E-state index in [2.05, 4.69) is 10.3 Å². The van der Waals surface area contributed by atoms with E-state index in [4.69, 9.17) is 0 Å². The molecular formula is C8H10N2OS. The maximum absolute atomic E-state index is 11.2. The van der Waals surface area contributed by atoms with Crippen LogP contribution in [0.2, 0.25) is 0 Å². The largest absolute Gasteiger partial charge is 0.302 e. The molecular weight excluding hydrogens is 172 g/mol. The summed E-state index contributed by atoms with van der Waals surface area (Å²) in [6.07, 6.45) is 2.08. The van der Waals surface area contributed by atoms with E-state index in [9.17, 15) is 4.79 Å². The molecule has 1 aromatic heterocycles. The maximum atomic E-state index is 11.2. The number of rotatable bonds is 2. The molecule has 1 fully saturated rings. The van der Waals surface area contributed by atoms with Crippen molar-refractivity contribution in [2.24, 2.45) is 5.92 Å². The van der Waals surface area contributed by atoms with Gasteiger partial charge in [0.2, 0.25) is 5.91 Å². The van der Waals surface area contributed by atoms with Crippen LogP contribution in [0.3, 0.4) is 0 Å². The quantitative estimate of drug-likeness (QED) is 0.757. The minimum atomic E-state index is 0.129. The first-order chi connectivity index (χ1) is 5.75. The molecule has 1 heterocycles. The second kappa shape index (κ2) is 2.86. The van der Waals surface area contributed by atoms with Gasteiger partial charge in [-0.25, -0.2) is 4.98 Å². The van der Waals surface area contributed by atoms with Crippen molar-refractivity contribution in [2.45, 2.75) is 19.8 Å². The SMILES string of the molecule is Cc1csc(NC(=O)C2CC2)n1. The van der Waals surface area contributed by atoms with E-state index in [1.807, 2.05) is 12.3 Å². The highest BCUT2D eigenvalue weighted by Crippen LogP contribution is 2.30. The standard InChI is InChI=1S/C8H10N2OS/c1-5-4-12-8(9-5)10-7(11)6-2-3-6/h4,6H,2-3H2,1H3,(H,9,10,11). The van der Waals surface area contributed by atoms with Crippen molar-refractivity contribution in [3.8, 4) is 0 Å². The Labute approximate surface area is 74.8 Å². The summed E-state index contributed by atoms with van der Waals surface area (Å²) in [7, 11) is 0. The number of carbonyl (C=O) groups excluding carboxylic acids is 1. The molecule has 12 heavy (non-hydrogen) atoms. The lowest BCUT2D eigenvalue weighted by Gasteiger charge is -1.96. The van der Waals surface area contributed by atoms with Gasteiger partial charge in [0.15, 0.2) is 5.13 Å². The Kier molecular flexibility index (Phi) is 1.84. The van der Waals surface area contributed by atoms with Gasteiger partial charge in [0.25, 0.3) is 0 Å². The molecule has 0 aliphatic heterocycles. The fourth-order valence-electron chi connectivity index (χ4n) is 0.964. The van der Waals surface area contributed by atoms with Crippen molar-refractivity contribution in [1.29, 1.82) is 0 Å². The summed E-state index contributed by atoms with van der Waals surface area (Å²) < 4.78 is 0. The molecule has 0 radical (unpaired) electrons. The normalized spacial score (nSPS) is 16.1. The first kappa shape index (κ1) is 7.73. The van der Waals surface area contributed by atoms with E-state index in [1.165, 1.54) is 11.3 Å². The summed E-state index contributed by atoms with van der Waals surface area (Å²) >= 11 is 1.48. The Morgan fingerprint density at radius 1 is 1.75 bits per heavy atom. The van der Waals surface area contributed by atoms with Gasteiger partial charge in [-0.1, -0.05) is 0 Å². The second-order valence-electron chi connectivity index (χ2n) is 3.06. The average molecular weight is 182 g/mol. The van der Waals surface area contributed by atoms with Gasteiger partial charge in [-0.05, 0) is 19.8 Å². The monoisotopic (exact) mass is 182 g/mol. The Morgan fingerprint density at radius 3 is 3.00 bits per heavy atom. The van der Waals surface area contributed by atoms with E-state index in [0.29, 0.717) is 0 Å². The van der Waals surface area contributed by atoms with Crippen molar-refractivity contribution in [2.75, 3.05) is 5.32 Å². The number of amides is 1. The zero-order valence-electron chi connectivity index (χ0n) is 6.83. The second-order valence-corrected chi connectivity index (χ2v) is 3.92. The maximum Gasteiger partial charge on any atom is 0.229 e. The molecule has 0 unspecified atom stereocenters. The van der Waals surface area contributed by atoms with Gasteiger partial charge >= 0.3 is 0 Å². The summed E-state index contributed by atoms with van der Waals surface area (Å²) in [5, 5.41) is 5.45. The molecule has 3 nitrogen and oxygen atoms in total. The topological polar surface area (TPSA) is 42.0 Å². The van der Waals surface area contributed by atoms with Gasteiger partial charge in [-0.2, -0.15) is 0 Å². The van der Waals surface area contributed by atoms with Crippen LogP contribution < -0.4 is 5.32 Å². The summed E-state index contributed by atoms with van der Waals surface area (Å²) in [6, 6.07) is 0. The van der Waals surface area contributed by atoms with Crippen LogP contribution in [-0.4, -0.2) is 10.9 Å². The molecule has 1 aromatic rings. The van der Waals surface area contributed by atoms with Crippen molar-refractivity contribution in [1.82, 2.24) is 4.98 Å². The van der Waals surface area contributed by atoms with Gasteiger partial charge in [0.1, 0.15) is 0 Å². The predicted molar refractivity (Wildman–Crippen MR) is 48.2 cm³/mol. The summed E-state index contributed by atoms with van der Waals surface area (Å²) in [5.74, 6) is 0.388. The highest BCUT2D eigenvalue weighted by molar-refractivity contribution is 7.13. The molecule has 2 rings (SSSR count). The molecule has 64 valence electrons. The van der Waals surface area contributed by atoms with Gasteiger partial charge in [-0.3, -0.25) is 4.79 Å². The molecule has 0 aromatic carbocycles. The third kappa shape index (κ3) is 1.64. The van der Waals surface area contributed by atoms with E-state index in [0.717, 1.165) is 23.7 Å². The number of aryl methyl sites for hydroxylation is 1. The Morgan fingerprint density at radius 2 is 2.50 bits per heavy atom. The lowest BCUT2D eigenvalue weighted by molar-refractivity contribution is -0.117. The molecule has 4 heteroatoms. The zero-order chi connectivity index (χ0) is 8.55. The summed E-state index contributed by atoms with van der Waals surface area (Å²) in [4.78, 5) is 15.4. The highest BCUT2D eigenvalue weighted by Gasteiger charge is 2.29. The van der Waals surface area contributed by atoms with Crippen LogP contribution in [0.5, 0.6) is 0 Å². The highest BCUT2D eigenvalue weighted by atomic mass is 32.1. The lowest BCUT2D eigenvalue weighted by atomic mass is 10.4. The van der Waals surface area contributed by atoms with Crippen LogP contribution in [0.25, 0.3) is 0 Å². The predicted octanol–water partition coefficient (Wildman–Crippen LogP) is 1.80. The van der Waals surface area contributed by atoms with E-state index in [1.54, 1.807) is 0 Å². The minimum absolute atomic E-state index is 0.129. The number of nitrogens with one attached hydrogen (secondary N) is 1. The molecule has 1 aliphatic carbocycles. The Balaban J connectivity index is 1.98. The Bertz CT molecular complexity index is 304. The molecule has 1 saturated carbocycles. The smallest absolute Gasteiger partial charge is 0.229 e. The van der Waals surface area contributed by atoms with Crippen LogP contribution in [0.15, 0.2) is 5.38 Å². The Hall–Kier alpha value is -0.900. The summed E-state index contributed by atoms with van der Waals surface area (Å²) in [6.45, 7) is 1.92. The number of thiazole rings is 1. The average Bonchev–Trinajstić information content (AvgIpc) is 2.78. The third-order valence-electron chi connectivity index (χ3n) is 1.80. The van der Waals surface area contributed by atoms with Crippen molar-refractivity contribution < 1.29 is 4.79 Å². The number of nitrogens with zero attached hydrogens (tertiary/aromatic N) is 1. The van der Waals surface area contributed by atoms with Crippen LogP contribution in [0.4, 0.5) is 5.13 Å². The zero-order valence-corrected chi connectivity index (χ0v) is 7.65. The van der Waals surface area contributed by atoms with E-state index in [-0.39, 0.29) is 11.8 Å². The number of carbonyl (C=O) groups is 1. The molecule has 1 aliphatic rings. The molecule has 0 saturated heterocycles. The molecule has 0 bridgehead atoms. The third-order valence-corrected chi connectivity index (χ3v) is 2.67. The van der Waals surface area contributed by atoms with Gasteiger partial charge in [0.05, 0.1) is 5.69 Å². The minimum Gasteiger partial charge on any atom is -0.302 e. The van der Waals surface area contributed by atoms with E-state index >= 15 is 0 Å².